The monoisotopic (exact) mass is 246 g/mol. The van der Waals surface area contributed by atoms with Crippen molar-refractivity contribution in [3.63, 3.8) is 0 Å². The molecule has 0 saturated carbocycles. The Balaban J connectivity index is 2.31. The molecule has 0 amide bonds. The fraction of sp³-hybridized carbons (Fsp3) is 0.250. The molecule has 0 atom stereocenters. The van der Waals surface area contributed by atoms with Crippen molar-refractivity contribution in [2.45, 2.75) is 6.92 Å². The Morgan fingerprint density at radius 1 is 1.17 bits per heavy atom. The molecule has 0 aliphatic heterocycles. The third kappa shape index (κ3) is 2.48. The van der Waals surface area contributed by atoms with E-state index in [1.54, 1.807) is 20.4 Å². The zero-order chi connectivity index (χ0) is 13.0. The van der Waals surface area contributed by atoms with Crippen LogP contribution in [0.25, 0.3) is 0 Å². The summed E-state index contributed by atoms with van der Waals surface area (Å²) < 4.78 is 10.8. The predicted octanol–water partition coefficient (Wildman–Crippen LogP) is 2.02. The summed E-state index contributed by atoms with van der Waals surface area (Å²) in [5.41, 5.74) is 0.924. The van der Waals surface area contributed by atoms with E-state index in [1.165, 1.54) is 6.33 Å². The number of aryl methyl sites for hydroxylation is 1. The van der Waals surface area contributed by atoms with Crippen molar-refractivity contribution in [3.8, 4) is 17.4 Å². The van der Waals surface area contributed by atoms with Crippen LogP contribution < -0.4 is 14.8 Å². The molecule has 1 N–H and O–H groups in total. The van der Waals surface area contributed by atoms with Gasteiger partial charge in [-0.2, -0.15) is 4.98 Å². The van der Waals surface area contributed by atoms with E-state index in [0.29, 0.717) is 23.2 Å². The Labute approximate surface area is 105 Å². The number of rotatable bonds is 4. The lowest BCUT2D eigenvalue weighted by atomic mass is 10.4. The predicted molar refractivity (Wildman–Crippen MR) is 67.2 cm³/mol. The minimum Gasteiger partial charge on any atom is -0.489 e. The highest BCUT2D eigenvalue weighted by molar-refractivity contribution is 5.55. The standard InChI is InChI=1S/C12H14N4O2/c1-8-4-5-9(6-14-8)18-12-10(17-3)11(13-2)15-7-16-12/h4-7H,1-3H3,(H,13,15,16). The van der Waals surface area contributed by atoms with Crippen LogP contribution in [0.4, 0.5) is 5.82 Å². The van der Waals surface area contributed by atoms with Crippen LogP contribution >= 0.6 is 0 Å². The first-order valence-electron chi connectivity index (χ1n) is 5.42. The van der Waals surface area contributed by atoms with E-state index in [4.69, 9.17) is 9.47 Å². The molecule has 94 valence electrons. The van der Waals surface area contributed by atoms with Crippen LogP contribution in [0.1, 0.15) is 5.69 Å². The van der Waals surface area contributed by atoms with Crippen molar-refractivity contribution in [1.29, 1.82) is 0 Å². The molecule has 0 fully saturated rings. The quantitative estimate of drug-likeness (QED) is 0.890. The summed E-state index contributed by atoms with van der Waals surface area (Å²) in [4.78, 5) is 12.2. The maximum Gasteiger partial charge on any atom is 0.268 e. The van der Waals surface area contributed by atoms with Gasteiger partial charge in [-0.05, 0) is 19.1 Å². The molecule has 0 aromatic carbocycles. The van der Waals surface area contributed by atoms with Crippen LogP contribution in [0.15, 0.2) is 24.7 Å². The fourth-order valence-corrected chi connectivity index (χ4v) is 1.42. The minimum absolute atomic E-state index is 0.350. The first kappa shape index (κ1) is 12.1. The highest BCUT2D eigenvalue weighted by Gasteiger charge is 2.13. The van der Waals surface area contributed by atoms with Crippen molar-refractivity contribution >= 4 is 5.82 Å². The molecule has 0 radical (unpaired) electrons. The second-order valence-corrected chi connectivity index (χ2v) is 3.55. The summed E-state index contributed by atoms with van der Waals surface area (Å²) in [6.45, 7) is 1.91. The molecule has 0 spiro atoms. The number of aromatic nitrogens is 3. The van der Waals surface area contributed by atoms with Crippen LogP contribution in [0, 0.1) is 6.92 Å². The Morgan fingerprint density at radius 3 is 2.61 bits per heavy atom. The minimum atomic E-state index is 0.350. The molecule has 0 aliphatic rings. The SMILES string of the molecule is CNc1ncnc(Oc2ccc(C)nc2)c1OC. The van der Waals surface area contributed by atoms with Crippen LogP contribution in [0.2, 0.25) is 0 Å². The van der Waals surface area contributed by atoms with Crippen LogP contribution in [-0.4, -0.2) is 29.1 Å². The summed E-state index contributed by atoms with van der Waals surface area (Å²) in [5, 5.41) is 2.91. The second-order valence-electron chi connectivity index (χ2n) is 3.55. The fourth-order valence-electron chi connectivity index (χ4n) is 1.42. The molecular weight excluding hydrogens is 232 g/mol. The van der Waals surface area contributed by atoms with Crippen molar-refractivity contribution in [3.05, 3.63) is 30.4 Å². The average Bonchev–Trinajstić information content (AvgIpc) is 2.41. The van der Waals surface area contributed by atoms with Gasteiger partial charge in [0.15, 0.2) is 5.82 Å². The number of hydrogen-bond donors (Lipinski definition) is 1. The number of hydrogen-bond acceptors (Lipinski definition) is 6. The van der Waals surface area contributed by atoms with Crippen molar-refractivity contribution < 1.29 is 9.47 Å². The van der Waals surface area contributed by atoms with Gasteiger partial charge in [0, 0.05) is 12.7 Å². The van der Waals surface area contributed by atoms with Gasteiger partial charge in [0.1, 0.15) is 12.1 Å². The summed E-state index contributed by atoms with van der Waals surface area (Å²) in [5.74, 6) is 1.98. The largest absolute Gasteiger partial charge is 0.489 e. The van der Waals surface area contributed by atoms with Gasteiger partial charge in [-0.1, -0.05) is 0 Å². The second kappa shape index (κ2) is 5.31. The summed E-state index contributed by atoms with van der Waals surface area (Å²) in [6.07, 6.45) is 3.04. The van der Waals surface area contributed by atoms with Crippen LogP contribution in [-0.2, 0) is 0 Å². The van der Waals surface area contributed by atoms with Crippen LogP contribution in [0.5, 0.6) is 17.4 Å². The van der Waals surface area contributed by atoms with E-state index in [1.807, 2.05) is 19.1 Å². The first-order chi connectivity index (χ1) is 8.74. The summed E-state index contributed by atoms with van der Waals surface area (Å²) in [6, 6.07) is 3.69. The molecule has 0 bridgehead atoms. The zero-order valence-electron chi connectivity index (χ0n) is 10.5. The highest BCUT2D eigenvalue weighted by atomic mass is 16.5. The number of nitrogens with one attached hydrogen (secondary N) is 1. The van der Waals surface area contributed by atoms with E-state index in [0.717, 1.165) is 5.69 Å². The Kier molecular flexibility index (Phi) is 3.57. The lowest BCUT2D eigenvalue weighted by molar-refractivity contribution is 0.368. The molecule has 6 nitrogen and oxygen atoms in total. The third-order valence-electron chi connectivity index (χ3n) is 2.31. The number of nitrogens with zero attached hydrogens (tertiary/aromatic N) is 3. The molecule has 2 heterocycles. The van der Waals surface area contributed by atoms with Gasteiger partial charge in [0.25, 0.3) is 5.88 Å². The summed E-state index contributed by atoms with van der Waals surface area (Å²) in [7, 11) is 3.29. The number of anilines is 1. The van der Waals surface area contributed by atoms with Gasteiger partial charge < -0.3 is 14.8 Å². The van der Waals surface area contributed by atoms with Crippen LogP contribution in [0.3, 0.4) is 0 Å². The molecule has 0 unspecified atom stereocenters. The van der Waals surface area contributed by atoms with E-state index in [2.05, 4.69) is 20.3 Å². The van der Waals surface area contributed by atoms with Gasteiger partial charge in [0.05, 0.1) is 13.3 Å². The molecule has 2 aromatic heterocycles. The Hall–Kier alpha value is -2.37. The molecule has 18 heavy (non-hydrogen) atoms. The van der Waals surface area contributed by atoms with Crippen molar-refractivity contribution in [2.75, 3.05) is 19.5 Å². The molecule has 0 saturated heterocycles. The van der Waals surface area contributed by atoms with Crippen molar-refractivity contribution in [1.82, 2.24) is 15.0 Å². The molecular formula is C12H14N4O2. The van der Waals surface area contributed by atoms with Gasteiger partial charge >= 0.3 is 0 Å². The van der Waals surface area contributed by atoms with Gasteiger partial charge in [-0.25, -0.2) is 4.98 Å². The normalized spacial score (nSPS) is 9.94. The highest BCUT2D eigenvalue weighted by Crippen LogP contribution is 2.33. The zero-order valence-corrected chi connectivity index (χ0v) is 10.5. The van der Waals surface area contributed by atoms with E-state index < -0.39 is 0 Å². The van der Waals surface area contributed by atoms with Gasteiger partial charge in [-0.15, -0.1) is 0 Å². The first-order valence-corrected chi connectivity index (χ1v) is 5.42. The maximum atomic E-state index is 5.62. The van der Waals surface area contributed by atoms with E-state index in [-0.39, 0.29) is 0 Å². The molecule has 0 aliphatic carbocycles. The number of methoxy groups -OCH3 is 1. The smallest absolute Gasteiger partial charge is 0.268 e. The summed E-state index contributed by atoms with van der Waals surface area (Å²) >= 11 is 0. The van der Waals surface area contributed by atoms with Gasteiger partial charge in [0.2, 0.25) is 5.75 Å². The average molecular weight is 246 g/mol. The third-order valence-corrected chi connectivity index (χ3v) is 2.31. The molecule has 2 rings (SSSR count). The number of pyridine rings is 1. The maximum absolute atomic E-state index is 5.62. The molecule has 2 aromatic rings. The van der Waals surface area contributed by atoms with Gasteiger partial charge in [-0.3, -0.25) is 4.98 Å². The lowest BCUT2D eigenvalue weighted by Crippen LogP contribution is -2.01. The lowest BCUT2D eigenvalue weighted by Gasteiger charge is -2.11. The Bertz CT molecular complexity index is 528. The molecule has 6 heteroatoms. The van der Waals surface area contributed by atoms with Crippen molar-refractivity contribution in [2.24, 2.45) is 0 Å². The Morgan fingerprint density at radius 2 is 2.00 bits per heavy atom. The van der Waals surface area contributed by atoms with E-state index in [9.17, 15) is 0 Å². The van der Waals surface area contributed by atoms with E-state index >= 15 is 0 Å². The topological polar surface area (TPSA) is 69.2 Å². The number of ether oxygens (including phenoxy) is 2.